The maximum absolute atomic E-state index is 10.0. The zero-order valence-corrected chi connectivity index (χ0v) is 17.2. The van der Waals surface area contributed by atoms with E-state index in [1.807, 2.05) is 0 Å². The molecule has 0 heterocycles. The fourth-order valence-electron chi connectivity index (χ4n) is 3.16. The van der Waals surface area contributed by atoms with Crippen molar-refractivity contribution in [2.24, 2.45) is 0 Å². The van der Waals surface area contributed by atoms with Gasteiger partial charge in [-0.3, -0.25) is 0 Å². The average Bonchev–Trinajstić information content (AvgIpc) is 2.56. The van der Waals surface area contributed by atoms with Crippen LogP contribution in [0.4, 0.5) is 4.79 Å². The quantitative estimate of drug-likeness (QED) is 0.204. The minimum atomic E-state index is -1.40. The Kier molecular flexibility index (Phi) is 25.9. The van der Waals surface area contributed by atoms with E-state index in [1.54, 1.807) is 0 Å². The standard InChI is InChI=1S/C21H42O3.Li/c1-2-3-4-5-6-7-8-9-10-11-12-13-14-15-16-17-18-19-20-24-21(22)23;/h2-20H2,1H3,(H,22,23);/q;+1/p-1. The molecular weight excluding hydrogens is 307 g/mol. The van der Waals surface area contributed by atoms with Crippen LogP contribution in [0.25, 0.3) is 0 Å². The van der Waals surface area contributed by atoms with Gasteiger partial charge < -0.3 is 14.6 Å². The molecule has 0 aromatic rings. The molecular formula is C21H41LiO3. The van der Waals surface area contributed by atoms with Crippen LogP contribution in [0.3, 0.4) is 0 Å². The van der Waals surface area contributed by atoms with E-state index >= 15 is 0 Å². The van der Waals surface area contributed by atoms with E-state index in [2.05, 4.69) is 11.7 Å². The summed E-state index contributed by atoms with van der Waals surface area (Å²) in [7, 11) is 0. The van der Waals surface area contributed by atoms with Crippen molar-refractivity contribution in [3.8, 4) is 0 Å². The molecule has 0 saturated heterocycles. The third-order valence-electron chi connectivity index (χ3n) is 4.72. The van der Waals surface area contributed by atoms with Crippen LogP contribution in [0, 0.1) is 0 Å². The largest absolute Gasteiger partial charge is 1.00 e. The van der Waals surface area contributed by atoms with Crippen molar-refractivity contribution in [3.63, 3.8) is 0 Å². The number of hydrogen-bond acceptors (Lipinski definition) is 3. The first kappa shape index (κ1) is 27.1. The first-order chi connectivity index (χ1) is 11.8. The van der Waals surface area contributed by atoms with Crippen LogP contribution < -0.4 is 24.0 Å². The zero-order chi connectivity index (χ0) is 17.7. The summed E-state index contributed by atoms with van der Waals surface area (Å²) in [5, 5.41) is 10.0. The smallest absolute Gasteiger partial charge is 0.550 e. The second-order valence-corrected chi connectivity index (χ2v) is 7.11. The fourth-order valence-corrected chi connectivity index (χ4v) is 3.16. The van der Waals surface area contributed by atoms with Gasteiger partial charge in [-0.1, -0.05) is 116 Å². The van der Waals surface area contributed by atoms with Gasteiger partial charge in [-0.25, -0.2) is 0 Å². The summed E-state index contributed by atoms with van der Waals surface area (Å²) in [5.74, 6) is 0. The number of ether oxygens (including phenoxy) is 1. The van der Waals surface area contributed by atoms with Gasteiger partial charge in [0.05, 0.1) is 0 Å². The van der Waals surface area contributed by atoms with Crippen LogP contribution >= 0.6 is 0 Å². The summed E-state index contributed by atoms with van der Waals surface area (Å²) >= 11 is 0. The molecule has 0 rings (SSSR count). The molecule has 0 unspecified atom stereocenters. The van der Waals surface area contributed by atoms with Crippen molar-refractivity contribution >= 4 is 6.16 Å². The first-order valence-electron chi connectivity index (χ1n) is 10.6. The predicted octanol–water partition coefficient (Wildman–Crippen LogP) is 3.39. The van der Waals surface area contributed by atoms with Crippen LogP contribution in [0.5, 0.6) is 0 Å². The van der Waals surface area contributed by atoms with Crippen molar-refractivity contribution in [1.29, 1.82) is 0 Å². The van der Waals surface area contributed by atoms with Crippen LogP contribution in [-0.2, 0) is 4.74 Å². The Hall–Kier alpha value is -0.133. The molecule has 0 spiro atoms. The third-order valence-corrected chi connectivity index (χ3v) is 4.72. The topological polar surface area (TPSA) is 49.4 Å². The Morgan fingerprint density at radius 2 is 0.880 bits per heavy atom. The molecule has 0 N–H and O–H groups in total. The molecule has 0 aliphatic rings. The number of rotatable bonds is 19. The van der Waals surface area contributed by atoms with Crippen LogP contribution in [0.1, 0.15) is 122 Å². The SMILES string of the molecule is CCCCCCCCCCCCCCCCCCCCOC(=O)[O-].[Li+]. The van der Waals surface area contributed by atoms with Gasteiger partial charge in [-0.15, -0.1) is 0 Å². The normalized spacial score (nSPS) is 10.4. The van der Waals surface area contributed by atoms with Crippen molar-refractivity contribution in [2.45, 2.75) is 122 Å². The molecule has 0 atom stereocenters. The molecule has 0 saturated carbocycles. The van der Waals surface area contributed by atoms with Gasteiger partial charge in [0.25, 0.3) is 6.16 Å². The average molecular weight is 348 g/mol. The van der Waals surface area contributed by atoms with E-state index in [9.17, 15) is 9.90 Å². The molecule has 0 amide bonds. The van der Waals surface area contributed by atoms with Gasteiger partial charge in [0, 0.05) is 6.61 Å². The zero-order valence-electron chi connectivity index (χ0n) is 17.2. The number of unbranched alkanes of at least 4 members (excludes halogenated alkanes) is 17. The van der Waals surface area contributed by atoms with Gasteiger partial charge >= 0.3 is 18.9 Å². The summed E-state index contributed by atoms with van der Waals surface area (Å²) in [6.45, 7) is 2.57. The summed E-state index contributed by atoms with van der Waals surface area (Å²) < 4.78 is 4.38. The molecule has 0 aliphatic carbocycles. The Balaban J connectivity index is 0. The maximum atomic E-state index is 10.0. The number of carbonyl (C=O) groups excluding carboxylic acids is 1. The molecule has 3 nitrogen and oxygen atoms in total. The van der Waals surface area contributed by atoms with E-state index in [-0.39, 0.29) is 18.9 Å². The number of carbonyl (C=O) groups is 1. The van der Waals surface area contributed by atoms with Gasteiger partial charge in [0.1, 0.15) is 0 Å². The van der Waals surface area contributed by atoms with Gasteiger partial charge in [-0.2, -0.15) is 0 Å². The van der Waals surface area contributed by atoms with Crippen molar-refractivity contribution in [1.82, 2.24) is 0 Å². The van der Waals surface area contributed by atoms with Crippen LogP contribution in [-0.4, -0.2) is 12.8 Å². The molecule has 0 aromatic carbocycles. The van der Waals surface area contributed by atoms with Crippen LogP contribution in [0.15, 0.2) is 0 Å². The molecule has 0 aliphatic heterocycles. The predicted molar refractivity (Wildman–Crippen MR) is 100 cm³/mol. The van der Waals surface area contributed by atoms with E-state index in [1.165, 1.54) is 103 Å². The Morgan fingerprint density at radius 3 is 1.16 bits per heavy atom. The first-order valence-corrected chi connectivity index (χ1v) is 10.6. The van der Waals surface area contributed by atoms with Crippen molar-refractivity contribution in [3.05, 3.63) is 0 Å². The van der Waals surface area contributed by atoms with Gasteiger partial charge in [0.15, 0.2) is 0 Å². The minimum Gasteiger partial charge on any atom is -0.550 e. The monoisotopic (exact) mass is 348 g/mol. The van der Waals surface area contributed by atoms with Gasteiger partial charge in [0.2, 0.25) is 0 Å². The molecule has 25 heavy (non-hydrogen) atoms. The van der Waals surface area contributed by atoms with E-state index in [0.29, 0.717) is 6.61 Å². The molecule has 0 bridgehead atoms. The van der Waals surface area contributed by atoms with Crippen LogP contribution in [0.2, 0.25) is 0 Å². The molecule has 0 fully saturated rings. The summed E-state index contributed by atoms with van der Waals surface area (Å²) in [6, 6.07) is 0. The van der Waals surface area contributed by atoms with E-state index < -0.39 is 6.16 Å². The maximum Gasteiger partial charge on any atom is 1.00 e. The van der Waals surface area contributed by atoms with E-state index in [4.69, 9.17) is 0 Å². The number of carboxylic acid groups (broad SMARTS) is 1. The minimum absolute atomic E-state index is 0. The summed E-state index contributed by atoms with van der Waals surface area (Å²) in [6.07, 6.45) is 22.6. The summed E-state index contributed by atoms with van der Waals surface area (Å²) in [5.41, 5.74) is 0. The fraction of sp³-hybridized carbons (Fsp3) is 0.952. The van der Waals surface area contributed by atoms with Gasteiger partial charge in [-0.05, 0) is 6.42 Å². The Labute approximate surface area is 168 Å². The molecule has 144 valence electrons. The summed E-state index contributed by atoms with van der Waals surface area (Å²) in [4.78, 5) is 10.0. The Morgan fingerprint density at radius 1 is 0.600 bits per heavy atom. The van der Waals surface area contributed by atoms with E-state index in [0.717, 1.165) is 12.8 Å². The molecule has 0 aromatic heterocycles. The molecule has 4 heteroatoms. The second kappa shape index (κ2) is 23.9. The second-order valence-electron chi connectivity index (χ2n) is 7.11. The van der Waals surface area contributed by atoms with Crippen molar-refractivity contribution in [2.75, 3.05) is 6.61 Å². The third kappa shape index (κ3) is 26.2. The number of hydrogen-bond donors (Lipinski definition) is 0. The molecule has 0 radical (unpaired) electrons. The Bertz CT molecular complexity index is 260. The van der Waals surface area contributed by atoms with Crippen molar-refractivity contribution < 1.29 is 33.5 Å².